The van der Waals surface area contributed by atoms with E-state index in [0.29, 0.717) is 6.04 Å². The number of aliphatic hydroxyl groups excluding tert-OH is 1. The Bertz CT molecular complexity index is 271. The summed E-state index contributed by atoms with van der Waals surface area (Å²) in [6.07, 6.45) is 11.3. The standard InChI is InChI=1S/C16H32N2O/c1-2-5-14-6-4-10-18(11-8-14)15-7-3-9-16(17,12-15)13-19/h14-15,19H,2-13,17H2,1H3. The molecule has 0 aromatic heterocycles. The maximum absolute atomic E-state index is 9.49. The van der Waals surface area contributed by atoms with Crippen LogP contribution in [0.3, 0.4) is 0 Å². The van der Waals surface area contributed by atoms with Crippen molar-refractivity contribution in [1.29, 1.82) is 0 Å². The molecule has 1 aliphatic heterocycles. The van der Waals surface area contributed by atoms with Crippen molar-refractivity contribution in [2.75, 3.05) is 19.7 Å². The largest absolute Gasteiger partial charge is 0.394 e. The van der Waals surface area contributed by atoms with Crippen LogP contribution in [0.4, 0.5) is 0 Å². The smallest absolute Gasteiger partial charge is 0.0611 e. The Balaban J connectivity index is 1.87. The lowest BCUT2D eigenvalue weighted by atomic mass is 9.79. The summed E-state index contributed by atoms with van der Waals surface area (Å²) in [6.45, 7) is 4.94. The summed E-state index contributed by atoms with van der Waals surface area (Å²) in [4.78, 5) is 2.67. The van der Waals surface area contributed by atoms with E-state index in [-0.39, 0.29) is 12.1 Å². The molecule has 3 atom stereocenters. The SMILES string of the molecule is CCCC1CCCN(C2CCCC(N)(CO)C2)CC1. The molecule has 2 aliphatic rings. The number of hydrogen-bond donors (Lipinski definition) is 2. The van der Waals surface area contributed by atoms with Gasteiger partial charge in [0.2, 0.25) is 0 Å². The summed E-state index contributed by atoms with van der Waals surface area (Å²) in [6, 6.07) is 0.617. The molecule has 1 saturated carbocycles. The Kier molecular flexibility index (Phi) is 5.67. The zero-order chi connectivity index (χ0) is 13.7. The van der Waals surface area contributed by atoms with Gasteiger partial charge in [-0.1, -0.05) is 19.8 Å². The average Bonchev–Trinajstić information content (AvgIpc) is 2.65. The molecule has 1 saturated heterocycles. The molecule has 0 spiro atoms. The minimum atomic E-state index is -0.307. The van der Waals surface area contributed by atoms with Gasteiger partial charge < -0.3 is 15.7 Å². The van der Waals surface area contributed by atoms with Crippen molar-refractivity contribution in [3.8, 4) is 0 Å². The Hall–Kier alpha value is -0.120. The fourth-order valence-corrected chi connectivity index (χ4v) is 4.07. The molecular weight excluding hydrogens is 236 g/mol. The van der Waals surface area contributed by atoms with Crippen molar-refractivity contribution in [2.45, 2.75) is 76.3 Å². The van der Waals surface area contributed by atoms with Crippen LogP contribution in [0.1, 0.15) is 64.7 Å². The van der Waals surface area contributed by atoms with E-state index in [4.69, 9.17) is 5.73 Å². The Morgan fingerprint density at radius 1 is 1.21 bits per heavy atom. The topological polar surface area (TPSA) is 49.5 Å². The lowest BCUT2D eigenvalue weighted by Crippen LogP contribution is -2.53. The summed E-state index contributed by atoms with van der Waals surface area (Å²) < 4.78 is 0. The van der Waals surface area contributed by atoms with E-state index >= 15 is 0 Å². The zero-order valence-corrected chi connectivity index (χ0v) is 12.6. The van der Waals surface area contributed by atoms with Gasteiger partial charge in [0.1, 0.15) is 0 Å². The lowest BCUT2D eigenvalue weighted by molar-refractivity contribution is 0.0822. The molecule has 0 amide bonds. The molecule has 3 heteroatoms. The third-order valence-corrected chi connectivity index (χ3v) is 5.26. The lowest BCUT2D eigenvalue weighted by Gasteiger charge is -2.41. The number of rotatable bonds is 4. The molecule has 0 aromatic carbocycles. The number of nitrogens with zero attached hydrogens (tertiary/aromatic N) is 1. The summed E-state index contributed by atoms with van der Waals surface area (Å²) in [5.74, 6) is 0.944. The summed E-state index contributed by atoms with van der Waals surface area (Å²) in [7, 11) is 0. The molecule has 2 fully saturated rings. The summed E-state index contributed by atoms with van der Waals surface area (Å²) in [5.41, 5.74) is 5.99. The van der Waals surface area contributed by atoms with Crippen LogP contribution in [-0.4, -0.2) is 41.3 Å². The van der Waals surface area contributed by atoms with E-state index in [1.165, 1.54) is 58.0 Å². The first-order chi connectivity index (χ1) is 9.17. The van der Waals surface area contributed by atoms with Crippen molar-refractivity contribution in [2.24, 2.45) is 11.7 Å². The number of hydrogen-bond acceptors (Lipinski definition) is 3. The van der Waals surface area contributed by atoms with Gasteiger partial charge in [-0.25, -0.2) is 0 Å². The van der Waals surface area contributed by atoms with Crippen molar-refractivity contribution < 1.29 is 5.11 Å². The highest BCUT2D eigenvalue weighted by molar-refractivity contribution is 4.94. The van der Waals surface area contributed by atoms with Gasteiger partial charge in [0.05, 0.1) is 6.61 Å². The van der Waals surface area contributed by atoms with Crippen LogP contribution in [0.25, 0.3) is 0 Å². The Morgan fingerprint density at radius 3 is 2.79 bits per heavy atom. The molecular formula is C16H32N2O. The van der Waals surface area contributed by atoms with Gasteiger partial charge in [-0.15, -0.1) is 0 Å². The zero-order valence-electron chi connectivity index (χ0n) is 12.6. The highest BCUT2D eigenvalue weighted by Gasteiger charge is 2.35. The van der Waals surface area contributed by atoms with E-state index in [0.717, 1.165) is 18.8 Å². The molecule has 1 aliphatic carbocycles. The van der Waals surface area contributed by atoms with Crippen molar-refractivity contribution in [1.82, 2.24) is 4.90 Å². The normalized spacial score (nSPS) is 38.1. The highest BCUT2D eigenvalue weighted by Crippen LogP contribution is 2.31. The Labute approximate surface area is 118 Å². The van der Waals surface area contributed by atoms with E-state index in [9.17, 15) is 5.11 Å². The first-order valence-corrected chi connectivity index (χ1v) is 8.30. The fourth-order valence-electron chi connectivity index (χ4n) is 4.07. The third kappa shape index (κ3) is 4.17. The van der Waals surface area contributed by atoms with Gasteiger partial charge in [-0.2, -0.15) is 0 Å². The minimum Gasteiger partial charge on any atom is -0.394 e. The molecule has 0 bridgehead atoms. The van der Waals surface area contributed by atoms with Crippen molar-refractivity contribution in [3.05, 3.63) is 0 Å². The minimum absolute atomic E-state index is 0.149. The molecule has 3 unspecified atom stereocenters. The van der Waals surface area contributed by atoms with Crippen LogP contribution < -0.4 is 5.73 Å². The van der Waals surface area contributed by atoms with E-state index in [1.807, 2.05) is 0 Å². The quantitative estimate of drug-likeness (QED) is 0.823. The number of aliphatic hydroxyl groups is 1. The molecule has 3 nitrogen and oxygen atoms in total. The van der Waals surface area contributed by atoms with Gasteiger partial charge in [-0.3, -0.25) is 0 Å². The number of nitrogens with two attached hydrogens (primary N) is 1. The summed E-state index contributed by atoms with van der Waals surface area (Å²) in [5, 5.41) is 9.49. The number of likely N-dealkylation sites (tertiary alicyclic amines) is 1. The van der Waals surface area contributed by atoms with Crippen LogP contribution in [0, 0.1) is 5.92 Å². The first kappa shape index (κ1) is 15.3. The van der Waals surface area contributed by atoms with Crippen LogP contribution in [0.5, 0.6) is 0 Å². The van der Waals surface area contributed by atoms with Crippen molar-refractivity contribution >= 4 is 0 Å². The predicted molar refractivity (Wildman–Crippen MR) is 80.1 cm³/mol. The monoisotopic (exact) mass is 268 g/mol. The van der Waals surface area contributed by atoms with Crippen LogP contribution in [0.15, 0.2) is 0 Å². The second-order valence-corrected chi connectivity index (χ2v) is 6.89. The Morgan fingerprint density at radius 2 is 2.05 bits per heavy atom. The van der Waals surface area contributed by atoms with Gasteiger partial charge in [-0.05, 0) is 64.0 Å². The van der Waals surface area contributed by atoms with Gasteiger partial charge in [0.25, 0.3) is 0 Å². The van der Waals surface area contributed by atoms with E-state index in [2.05, 4.69) is 11.8 Å². The third-order valence-electron chi connectivity index (χ3n) is 5.26. The molecule has 19 heavy (non-hydrogen) atoms. The van der Waals surface area contributed by atoms with Crippen LogP contribution >= 0.6 is 0 Å². The average molecular weight is 268 g/mol. The fraction of sp³-hybridized carbons (Fsp3) is 1.00. The maximum atomic E-state index is 9.49. The molecule has 1 heterocycles. The van der Waals surface area contributed by atoms with Gasteiger partial charge in [0, 0.05) is 11.6 Å². The maximum Gasteiger partial charge on any atom is 0.0611 e. The molecule has 112 valence electrons. The van der Waals surface area contributed by atoms with Gasteiger partial charge >= 0.3 is 0 Å². The molecule has 0 aromatic rings. The van der Waals surface area contributed by atoms with E-state index in [1.54, 1.807) is 0 Å². The van der Waals surface area contributed by atoms with Crippen molar-refractivity contribution in [3.63, 3.8) is 0 Å². The second-order valence-electron chi connectivity index (χ2n) is 6.89. The highest BCUT2D eigenvalue weighted by atomic mass is 16.3. The first-order valence-electron chi connectivity index (χ1n) is 8.30. The molecule has 2 rings (SSSR count). The van der Waals surface area contributed by atoms with E-state index < -0.39 is 0 Å². The molecule has 0 radical (unpaired) electrons. The second kappa shape index (κ2) is 7.05. The van der Waals surface area contributed by atoms with Gasteiger partial charge in [0.15, 0.2) is 0 Å². The summed E-state index contributed by atoms with van der Waals surface area (Å²) >= 11 is 0. The molecule has 3 N–H and O–H groups in total. The van der Waals surface area contributed by atoms with Crippen LogP contribution in [-0.2, 0) is 0 Å². The predicted octanol–water partition coefficient (Wildman–Crippen LogP) is 2.52. The van der Waals surface area contributed by atoms with Crippen LogP contribution in [0.2, 0.25) is 0 Å².